The quantitative estimate of drug-likeness (QED) is 0.852. The highest BCUT2D eigenvalue weighted by molar-refractivity contribution is 5.77. The summed E-state index contributed by atoms with van der Waals surface area (Å²) in [5.74, 6) is 2.74. The molecule has 0 unspecified atom stereocenters. The lowest BCUT2D eigenvalue weighted by molar-refractivity contribution is -0.130. The van der Waals surface area contributed by atoms with E-state index in [0.717, 1.165) is 42.3 Å². The zero-order chi connectivity index (χ0) is 17.8. The van der Waals surface area contributed by atoms with Gasteiger partial charge in [0.2, 0.25) is 0 Å². The number of aromatic nitrogens is 3. The largest absolute Gasteiger partial charge is 0.483 e. The Kier molecular flexibility index (Phi) is 5.33. The van der Waals surface area contributed by atoms with Crippen LogP contribution < -0.4 is 10.1 Å². The molecule has 1 N–H and O–H groups in total. The van der Waals surface area contributed by atoms with Crippen molar-refractivity contribution >= 4 is 5.91 Å². The second kappa shape index (κ2) is 7.65. The monoisotopic (exact) mass is 343 g/mol. The smallest absolute Gasteiger partial charge is 0.259 e. The van der Waals surface area contributed by atoms with Gasteiger partial charge in [-0.25, -0.2) is 0 Å². The van der Waals surface area contributed by atoms with E-state index in [9.17, 15) is 4.79 Å². The van der Waals surface area contributed by atoms with Gasteiger partial charge in [0.15, 0.2) is 6.61 Å². The summed E-state index contributed by atoms with van der Waals surface area (Å²) in [7, 11) is 3.45. The summed E-state index contributed by atoms with van der Waals surface area (Å²) in [5, 5.41) is 12.0. The maximum absolute atomic E-state index is 11.7. The molecule has 0 radical (unpaired) electrons. The minimum atomic E-state index is -0.0503. The minimum Gasteiger partial charge on any atom is -0.483 e. The van der Waals surface area contributed by atoms with Crippen molar-refractivity contribution in [3.05, 3.63) is 41.5 Å². The average Bonchev–Trinajstić information content (AvgIpc) is 2.99. The lowest BCUT2D eigenvalue weighted by Crippen LogP contribution is -2.37. The summed E-state index contributed by atoms with van der Waals surface area (Å²) >= 11 is 0. The van der Waals surface area contributed by atoms with Gasteiger partial charge in [0.25, 0.3) is 5.91 Å². The second-order valence-corrected chi connectivity index (χ2v) is 6.58. The lowest BCUT2D eigenvalue weighted by Gasteiger charge is -2.25. The molecule has 1 aromatic heterocycles. The summed E-state index contributed by atoms with van der Waals surface area (Å²) in [6, 6.07) is 8.22. The molecule has 1 aliphatic heterocycles. The van der Waals surface area contributed by atoms with Gasteiger partial charge in [-0.2, -0.15) is 0 Å². The van der Waals surface area contributed by atoms with E-state index in [2.05, 4.69) is 20.1 Å². The van der Waals surface area contributed by atoms with Crippen molar-refractivity contribution in [2.45, 2.75) is 38.9 Å². The second-order valence-electron chi connectivity index (χ2n) is 6.58. The molecule has 25 heavy (non-hydrogen) atoms. The normalized spacial score (nSPS) is 16.4. The maximum Gasteiger partial charge on any atom is 0.259 e. The lowest BCUT2D eigenvalue weighted by atomic mass is 10.1. The number of amides is 1. The van der Waals surface area contributed by atoms with Crippen molar-refractivity contribution in [2.75, 3.05) is 20.7 Å². The molecule has 0 aliphatic carbocycles. The molecular weight excluding hydrogens is 318 g/mol. The number of carbonyl (C=O) groups excluding carboxylic acids is 1. The first-order chi connectivity index (χ1) is 12.0. The molecule has 0 bridgehead atoms. The van der Waals surface area contributed by atoms with Gasteiger partial charge in [-0.05, 0) is 19.4 Å². The van der Waals surface area contributed by atoms with Crippen molar-refractivity contribution in [2.24, 2.45) is 0 Å². The highest BCUT2D eigenvalue weighted by atomic mass is 16.5. The first kappa shape index (κ1) is 17.4. The first-order valence-electron chi connectivity index (χ1n) is 8.57. The van der Waals surface area contributed by atoms with Crippen LogP contribution in [0.1, 0.15) is 23.6 Å². The molecule has 7 nitrogen and oxygen atoms in total. The van der Waals surface area contributed by atoms with Crippen molar-refractivity contribution in [3.8, 4) is 5.75 Å². The van der Waals surface area contributed by atoms with Crippen LogP contribution in [0.5, 0.6) is 5.75 Å². The van der Waals surface area contributed by atoms with E-state index in [-0.39, 0.29) is 12.5 Å². The standard InChI is InChI=1S/C18H25N5O2/c1-13-20-21-17-9-8-15(11-23(13)17)19-10-14-6-4-5-7-16(14)25-12-18(24)22(2)3/h4-7,15,19H,8-12H2,1-3H3/t15-/m1/s1. The SMILES string of the molecule is Cc1nnc2n1C[C@H](NCc1ccccc1OCC(=O)N(C)C)CC2. The Morgan fingerprint density at radius 2 is 2.16 bits per heavy atom. The molecule has 1 amide bonds. The van der Waals surface area contributed by atoms with Crippen LogP contribution in [-0.4, -0.2) is 52.3 Å². The molecule has 2 heterocycles. The minimum absolute atomic E-state index is 0.0503. The number of rotatable bonds is 6. The summed E-state index contributed by atoms with van der Waals surface area (Å²) in [6.45, 7) is 3.63. The number of likely N-dealkylation sites (N-methyl/N-ethyl adjacent to an activating group) is 1. The molecule has 1 atom stereocenters. The van der Waals surface area contributed by atoms with E-state index in [4.69, 9.17) is 4.74 Å². The van der Waals surface area contributed by atoms with Gasteiger partial charge in [0.1, 0.15) is 17.4 Å². The van der Waals surface area contributed by atoms with Crippen LogP contribution in [0.4, 0.5) is 0 Å². The van der Waals surface area contributed by atoms with Crippen LogP contribution in [0, 0.1) is 6.92 Å². The molecule has 0 fully saturated rings. The van der Waals surface area contributed by atoms with Crippen LogP contribution in [0.2, 0.25) is 0 Å². The van der Waals surface area contributed by atoms with Gasteiger partial charge in [0, 0.05) is 45.2 Å². The Labute approximate surface area is 148 Å². The van der Waals surface area contributed by atoms with Gasteiger partial charge in [-0.15, -0.1) is 10.2 Å². The summed E-state index contributed by atoms with van der Waals surface area (Å²) < 4.78 is 7.89. The number of ether oxygens (including phenoxy) is 1. The third kappa shape index (κ3) is 4.17. The molecule has 3 rings (SSSR count). The number of hydrogen-bond acceptors (Lipinski definition) is 5. The van der Waals surface area contributed by atoms with Crippen LogP contribution >= 0.6 is 0 Å². The summed E-state index contributed by atoms with van der Waals surface area (Å²) in [4.78, 5) is 13.3. The number of aryl methyl sites for hydroxylation is 2. The van der Waals surface area contributed by atoms with Crippen LogP contribution in [-0.2, 0) is 24.3 Å². The fourth-order valence-electron chi connectivity index (χ4n) is 2.94. The Morgan fingerprint density at radius 3 is 2.96 bits per heavy atom. The van der Waals surface area contributed by atoms with Gasteiger partial charge in [0.05, 0.1) is 0 Å². The first-order valence-corrected chi connectivity index (χ1v) is 8.57. The number of nitrogens with zero attached hydrogens (tertiary/aromatic N) is 4. The molecular formula is C18H25N5O2. The number of hydrogen-bond donors (Lipinski definition) is 1. The molecule has 134 valence electrons. The van der Waals surface area contributed by atoms with Gasteiger partial charge >= 0.3 is 0 Å². The van der Waals surface area contributed by atoms with Crippen molar-refractivity contribution in [1.29, 1.82) is 0 Å². The number of fused-ring (bicyclic) bond motifs is 1. The van der Waals surface area contributed by atoms with Crippen LogP contribution in [0.15, 0.2) is 24.3 Å². The Morgan fingerprint density at radius 1 is 1.36 bits per heavy atom. The topological polar surface area (TPSA) is 72.3 Å². The van der Waals surface area contributed by atoms with E-state index in [1.807, 2.05) is 31.2 Å². The maximum atomic E-state index is 11.7. The summed E-state index contributed by atoms with van der Waals surface area (Å²) in [6.07, 6.45) is 1.98. The van der Waals surface area contributed by atoms with E-state index in [1.54, 1.807) is 14.1 Å². The molecule has 2 aromatic rings. The summed E-state index contributed by atoms with van der Waals surface area (Å²) in [5.41, 5.74) is 1.06. The molecule has 0 spiro atoms. The highest BCUT2D eigenvalue weighted by Gasteiger charge is 2.21. The van der Waals surface area contributed by atoms with E-state index in [1.165, 1.54) is 4.90 Å². The van der Waals surface area contributed by atoms with Gasteiger partial charge in [-0.3, -0.25) is 4.79 Å². The van der Waals surface area contributed by atoms with Crippen LogP contribution in [0.3, 0.4) is 0 Å². The van der Waals surface area contributed by atoms with E-state index < -0.39 is 0 Å². The average molecular weight is 343 g/mol. The molecule has 0 saturated heterocycles. The molecule has 1 aliphatic rings. The number of carbonyl (C=O) groups is 1. The zero-order valence-corrected chi connectivity index (χ0v) is 15.0. The van der Waals surface area contributed by atoms with E-state index in [0.29, 0.717) is 12.6 Å². The predicted molar refractivity (Wildman–Crippen MR) is 94.3 cm³/mol. The Bertz CT molecular complexity index is 741. The fraction of sp³-hybridized carbons (Fsp3) is 0.500. The Balaban J connectivity index is 1.58. The third-order valence-corrected chi connectivity index (χ3v) is 4.54. The molecule has 7 heteroatoms. The van der Waals surface area contributed by atoms with Crippen LogP contribution in [0.25, 0.3) is 0 Å². The number of benzene rings is 1. The highest BCUT2D eigenvalue weighted by Crippen LogP contribution is 2.20. The van der Waals surface area contributed by atoms with Crippen molar-refractivity contribution < 1.29 is 9.53 Å². The zero-order valence-electron chi connectivity index (χ0n) is 15.0. The van der Waals surface area contributed by atoms with Gasteiger partial charge in [-0.1, -0.05) is 18.2 Å². The predicted octanol–water partition coefficient (Wildman–Crippen LogP) is 1.16. The molecule has 0 saturated carbocycles. The van der Waals surface area contributed by atoms with Crippen molar-refractivity contribution in [3.63, 3.8) is 0 Å². The molecule has 1 aromatic carbocycles. The van der Waals surface area contributed by atoms with Crippen molar-refractivity contribution in [1.82, 2.24) is 25.0 Å². The Hall–Kier alpha value is -2.41. The number of para-hydroxylation sites is 1. The number of nitrogens with one attached hydrogen (secondary N) is 1. The van der Waals surface area contributed by atoms with Gasteiger partial charge < -0.3 is 19.5 Å². The fourth-order valence-corrected chi connectivity index (χ4v) is 2.94. The third-order valence-electron chi connectivity index (χ3n) is 4.54. The van der Waals surface area contributed by atoms with E-state index >= 15 is 0 Å².